The average Bonchev–Trinajstić information content (AvgIpc) is 2.41. The third kappa shape index (κ3) is 2.91. The summed E-state index contributed by atoms with van der Waals surface area (Å²) in [5.74, 6) is 0.578. The van der Waals surface area contributed by atoms with Crippen LogP contribution in [0.5, 0.6) is 5.75 Å². The van der Waals surface area contributed by atoms with Crippen LogP contribution in [0.1, 0.15) is 6.92 Å². The topological polar surface area (TPSA) is 110 Å². The van der Waals surface area contributed by atoms with Crippen LogP contribution in [0.3, 0.4) is 0 Å². The van der Waals surface area contributed by atoms with E-state index < -0.39 is 16.2 Å². The van der Waals surface area contributed by atoms with Gasteiger partial charge in [-0.15, -0.1) is 0 Å². The van der Waals surface area contributed by atoms with Crippen molar-refractivity contribution in [2.24, 2.45) is 0 Å². The lowest BCUT2D eigenvalue weighted by molar-refractivity contribution is -0.385. The van der Waals surface area contributed by atoms with Crippen molar-refractivity contribution >= 4 is 17.2 Å². The van der Waals surface area contributed by atoms with E-state index in [1.165, 1.54) is 0 Å². The number of hydrogen-bond acceptors (Lipinski definition) is 6. The zero-order valence-corrected chi connectivity index (χ0v) is 10.6. The lowest BCUT2D eigenvalue weighted by Gasteiger charge is -2.07. The standard InChI is InChI=1S/C12H12N4O4/c1-2-20-9-5-3-8(4-6-9)15-11-10(16(18)19)12(17)14-7-13-11/h3-7H,2H2,1H3,(H2,13,14,15,17). The molecule has 0 fully saturated rings. The molecule has 1 aromatic heterocycles. The molecule has 0 aliphatic carbocycles. The molecule has 0 saturated heterocycles. The summed E-state index contributed by atoms with van der Waals surface area (Å²) in [6, 6.07) is 6.78. The molecule has 0 saturated carbocycles. The minimum atomic E-state index is -0.807. The number of benzene rings is 1. The number of hydrogen-bond donors (Lipinski definition) is 2. The highest BCUT2D eigenvalue weighted by Crippen LogP contribution is 2.22. The number of nitro groups is 1. The smallest absolute Gasteiger partial charge is 0.376 e. The molecule has 0 unspecified atom stereocenters. The number of aromatic amines is 1. The molecular formula is C12H12N4O4. The summed E-state index contributed by atoms with van der Waals surface area (Å²) in [6.45, 7) is 2.42. The van der Waals surface area contributed by atoms with Crippen molar-refractivity contribution in [3.63, 3.8) is 0 Å². The number of anilines is 2. The fourth-order valence-corrected chi connectivity index (χ4v) is 1.59. The first kappa shape index (κ1) is 13.5. The highest BCUT2D eigenvalue weighted by atomic mass is 16.6. The maximum atomic E-state index is 11.4. The van der Waals surface area contributed by atoms with Gasteiger partial charge in [0.1, 0.15) is 5.75 Å². The Hall–Kier alpha value is -2.90. The molecule has 8 heteroatoms. The first-order chi connectivity index (χ1) is 9.61. The van der Waals surface area contributed by atoms with E-state index in [1.807, 2.05) is 6.92 Å². The first-order valence-electron chi connectivity index (χ1n) is 5.83. The van der Waals surface area contributed by atoms with Crippen LogP contribution in [-0.4, -0.2) is 21.5 Å². The van der Waals surface area contributed by atoms with Gasteiger partial charge in [-0.25, -0.2) is 4.98 Å². The van der Waals surface area contributed by atoms with Crippen molar-refractivity contribution in [2.75, 3.05) is 11.9 Å². The summed E-state index contributed by atoms with van der Waals surface area (Å²) < 4.78 is 5.29. The number of nitrogens with zero attached hydrogens (tertiary/aromatic N) is 2. The quantitative estimate of drug-likeness (QED) is 0.636. The maximum Gasteiger partial charge on any atom is 0.376 e. The van der Waals surface area contributed by atoms with Gasteiger partial charge < -0.3 is 15.0 Å². The molecule has 0 aliphatic heterocycles. The van der Waals surface area contributed by atoms with E-state index in [0.717, 1.165) is 6.33 Å². The van der Waals surface area contributed by atoms with Crippen LogP contribution in [0.15, 0.2) is 35.4 Å². The highest BCUT2D eigenvalue weighted by Gasteiger charge is 2.20. The summed E-state index contributed by atoms with van der Waals surface area (Å²) in [4.78, 5) is 27.4. The molecule has 2 rings (SSSR count). The molecule has 104 valence electrons. The number of ether oxygens (including phenoxy) is 1. The van der Waals surface area contributed by atoms with E-state index in [2.05, 4.69) is 15.3 Å². The number of aromatic nitrogens is 2. The van der Waals surface area contributed by atoms with Crippen molar-refractivity contribution in [3.8, 4) is 5.75 Å². The van der Waals surface area contributed by atoms with Gasteiger partial charge in [0.25, 0.3) is 0 Å². The minimum absolute atomic E-state index is 0.108. The number of H-pyrrole nitrogens is 1. The number of nitrogens with one attached hydrogen (secondary N) is 2. The van der Waals surface area contributed by atoms with Gasteiger partial charge in [0, 0.05) is 5.69 Å². The first-order valence-corrected chi connectivity index (χ1v) is 5.83. The molecule has 0 aliphatic rings. The zero-order chi connectivity index (χ0) is 14.5. The van der Waals surface area contributed by atoms with Gasteiger partial charge in [0.2, 0.25) is 5.82 Å². The summed E-state index contributed by atoms with van der Waals surface area (Å²) in [5, 5.41) is 13.6. The van der Waals surface area contributed by atoms with E-state index >= 15 is 0 Å². The molecule has 8 nitrogen and oxygen atoms in total. The van der Waals surface area contributed by atoms with Crippen molar-refractivity contribution in [1.82, 2.24) is 9.97 Å². The van der Waals surface area contributed by atoms with Crippen molar-refractivity contribution in [1.29, 1.82) is 0 Å². The molecule has 1 aromatic carbocycles. The average molecular weight is 276 g/mol. The SMILES string of the molecule is CCOc1ccc(Nc2nc[nH]c(=O)c2[N+](=O)[O-])cc1. The van der Waals surface area contributed by atoms with Crippen LogP contribution in [0.25, 0.3) is 0 Å². The Morgan fingerprint density at radius 2 is 2.10 bits per heavy atom. The molecule has 20 heavy (non-hydrogen) atoms. The van der Waals surface area contributed by atoms with Crippen molar-refractivity contribution in [3.05, 3.63) is 51.1 Å². The van der Waals surface area contributed by atoms with E-state index in [1.54, 1.807) is 24.3 Å². The molecule has 0 radical (unpaired) electrons. The third-order valence-corrected chi connectivity index (χ3v) is 2.44. The maximum absolute atomic E-state index is 11.4. The second-order valence-electron chi connectivity index (χ2n) is 3.77. The Labute approximate surface area is 113 Å². The summed E-state index contributed by atoms with van der Waals surface area (Å²) in [5.41, 5.74) is -0.866. The van der Waals surface area contributed by atoms with Crippen LogP contribution in [-0.2, 0) is 0 Å². The minimum Gasteiger partial charge on any atom is -0.494 e. The molecule has 2 aromatic rings. The lowest BCUT2D eigenvalue weighted by atomic mass is 10.3. The summed E-state index contributed by atoms with van der Waals surface area (Å²) in [7, 11) is 0. The van der Waals surface area contributed by atoms with Gasteiger partial charge in [-0.2, -0.15) is 0 Å². The van der Waals surface area contributed by atoms with Gasteiger partial charge in [0.15, 0.2) is 0 Å². The summed E-state index contributed by atoms with van der Waals surface area (Å²) >= 11 is 0. The van der Waals surface area contributed by atoms with Crippen LogP contribution in [0.4, 0.5) is 17.2 Å². The van der Waals surface area contributed by atoms with E-state index in [4.69, 9.17) is 4.74 Å². The molecule has 1 heterocycles. The van der Waals surface area contributed by atoms with Gasteiger partial charge in [-0.1, -0.05) is 0 Å². The van der Waals surface area contributed by atoms with E-state index in [-0.39, 0.29) is 5.82 Å². The van der Waals surface area contributed by atoms with Crippen LogP contribution in [0, 0.1) is 10.1 Å². The Bertz CT molecular complexity index is 666. The van der Waals surface area contributed by atoms with Gasteiger partial charge >= 0.3 is 11.2 Å². The summed E-state index contributed by atoms with van der Waals surface area (Å²) in [6.07, 6.45) is 1.10. The van der Waals surface area contributed by atoms with E-state index in [0.29, 0.717) is 18.0 Å². The molecular weight excluding hydrogens is 264 g/mol. The number of rotatable bonds is 5. The van der Waals surface area contributed by atoms with Crippen LogP contribution < -0.4 is 15.6 Å². The Morgan fingerprint density at radius 1 is 1.40 bits per heavy atom. The Balaban J connectivity index is 2.28. The molecule has 0 amide bonds. The molecule has 0 bridgehead atoms. The fourth-order valence-electron chi connectivity index (χ4n) is 1.59. The molecule has 0 spiro atoms. The Morgan fingerprint density at radius 3 is 2.70 bits per heavy atom. The van der Waals surface area contributed by atoms with Crippen molar-refractivity contribution < 1.29 is 9.66 Å². The normalized spacial score (nSPS) is 10.1. The highest BCUT2D eigenvalue weighted by molar-refractivity contribution is 5.64. The molecule has 2 N–H and O–H groups in total. The zero-order valence-electron chi connectivity index (χ0n) is 10.6. The third-order valence-electron chi connectivity index (χ3n) is 2.44. The second-order valence-corrected chi connectivity index (χ2v) is 3.77. The van der Waals surface area contributed by atoms with E-state index in [9.17, 15) is 14.9 Å². The fraction of sp³-hybridized carbons (Fsp3) is 0.167. The molecule has 0 atom stereocenters. The second kappa shape index (κ2) is 5.83. The van der Waals surface area contributed by atoms with Gasteiger partial charge in [-0.3, -0.25) is 14.9 Å². The predicted octanol–water partition coefficient (Wildman–Crippen LogP) is 1.82. The van der Waals surface area contributed by atoms with Gasteiger partial charge in [0.05, 0.1) is 17.9 Å². The monoisotopic (exact) mass is 276 g/mol. The van der Waals surface area contributed by atoms with Crippen LogP contribution in [0.2, 0.25) is 0 Å². The Kier molecular flexibility index (Phi) is 3.94. The lowest BCUT2D eigenvalue weighted by Crippen LogP contribution is -2.14. The largest absolute Gasteiger partial charge is 0.494 e. The predicted molar refractivity (Wildman–Crippen MR) is 72.4 cm³/mol. The van der Waals surface area contributed by atoms with Crippen molar-refractivity contribution in [2.45, 2.75) is 6.92 Å². The van der Waals surface area contributed by atoms with Crippen LogP contribution >= 0.6 is 0 Å². The van der Waals surface area contributed by atoms with Gasteiger partial charge in [-0.05, 0) is 31.2 Å².